The smallest absolute Gasteiger partial charge is 0.236 e. The van der Waals surface area contributed by atoms with Crippen molar-refractivity contribution in [2.24, 2.45) is 11.7 Å². The van der Waals surface area contributed by atoms with Crippen molar-refractivity contribution in [1.82, 2.24) is 20.3 Å². The van der Waals surface area contributed by atoms with E-state index < -0.39 is 6.04 Å². The van der Waals surface area contributed by atoms with Crippen molar-refractivity contribution in [3.05, 3.63) is 12.4 Å². The molecule has 0 aliphatic rings. The molecule has 0 unspecified atom stereocenters. The highest BCUT2D eigenvalue weighted by Gasteiger charge is 2.13. The zero-order chi connectivity index (χ0) is 12.7. The van der Waals surface area contributed by atoms with Gasteiger partial charge >= 0.3 is 0 Å². The number of amides is 1. The molecule has 0 radical (unpaired) electrons. The zero-order valence-corrected chi connectivity index (χ0v) is 10.5. The standard InChI is InChI=1S/C11H21N5O/c1-9(2)8-10(12)11(17)13-4-3-6-16-7-5-14-15-16/h5,7,9-10H,3-4,6,8,12H2,1-2H3,(H,13,17)/t10-/m0/s1. The van der Waals surface area contributed by atoms with Crippen LogP contribution in [0.1, 0.15) is 26.7 Å². The minimum absolute atomic E-state index is 0.0720. The molecule has 1 aromatic heterocycles. The van der Waals surface area contributed by atoms with E-state index in [4.69, 9.17) is 5.73 Å². The Hall–Kier alpha value is -1.43. The summed E-state index contributed by atoms with van der Waals surface area (Å²) < 4.78 is 1.74. The van der Waals surface area contributed by atoms with Crippen molar-refractivity contribution in [1.29, 1.82) is 0 Å². The third-order valence-corrected chi connectivity index (χ3v) is 2.40. The van der Waals surface area contributed by atoms with Crippen molar-refractivity contribution < 1.29 is 4.79 Å². The largest absolute Gasteiger partial charge is 0.355 e. The predicted octanol–water partition coefficient (Wildman–Crippen LogP) is 0.158. The highest BCUT2D eigenvalue weighted by atomic mass is 16.2. The second kappa shape index (κ2) is 7.01. The minimum Gasteiger partial charge on any atom is -0.355 e. The molecule has 0 aliphatic carbocycles. The number of carbonyl (C=O) groups excluding carboxylic acids is 1. The number of carbonyl (C=O) groups is 1. The van der Waals surface area contributed by atoms with E-state index in [0.717, 1.165) is 19.4 Å². The van der Waals surface area contributed by atoms with E-state index in [9.17, 15) is 4.79 Å². The second-order valence-electron chi connectivity index (χ2n) is 4.55. The molecule has 6 heteroatoms. The first-order valence-electron chi connectivity index (χ1n) is 5.97. The Morgan fingerprint density at radius 1 is 1.53 bits per heavy atom. The molecule has 1 amide bonds. The number of hydrogen-bond acceptors (Lipinski definition) is 4. The van der Waals surface area contributed by atoms with Crippen molar-refractivity contribution in [2.45, 2.75) is 39.3 Å². The Labute approximate surface area is 102 Å². The minimum atomic E-state index is -0.402. The first kappa shape index (κ1) is 13.6. The van der Waals surface area contributed by atoms with Gasteiger partial charge in [-0.2, -0.15) is 0 Å². The molecule has 96 valence electrons. The summed E-state index contributed by atoms with van der Waals surface area (Å²) in [4.78, 5) is 11.6. The average molecular weight is 239 g/mol. The van der Waals surface area contributed by atoms with Crippen LogP contribution in [0.25, 0.3) is 0 Å². The molecule has 1 aromatic rings. The fourth-order valence-electron chi connectivity index (χ4n) is 1.55. The second-order valence-corrected chi connectivity index (χ2v) is 4.55. The van der Waals surface area contributed by atoms with Gasteiger partial charge in [-0.05, 0) is 18.8 Å². The van der Waals surface area contributed by atoms with Gasteiger partial charge in [-0.1, -0.05) is 19.1 Å². The summed E-state index contributed by atoms with van der Waals surface area (Å²) in [6, 6.07) is -0.402. The lowest BCUT2D eigenvalue weighted by atomic mass is 10.0. The van der Waals surface area contributed by atoms with Crippen molar-refractivity contribution in [2.75, 3.05) is 6.54 Å². The monoisotopic (exact) mass is 239 g/mol. The van der Waals surface area contributed by atoms with Gasteiger partial charge in [0.05, 0.1) is 12.2 Å². The maximum absolute atomic E-state index is 11.6. The molecule has 0 saturated heterocycles. The normalized spacial score (nSPS) is 12.7. The molecule has 0 spiro atoms. The quantitative estimate of drug-likeness (QED) is 0.664. The molecule has 6 nitrogen and oxygen atoms in total. The maximum Gasteiger partial charge on any atom is 0.236 e. The molecular weight excluding hydrogens is 218 g/mol. The Bertz CT molecular complexity index is 323. The summed E-state index contributed by atoms with van der Waals surface area (Å²) in [5.41, 5.74) is 5.76. The molecule has 0 aromatic carbocycles. The van der Waals surface area contributed by atoms with Crippen LogP contribution in [-0.2, 0) is 11.3 Å². The van der Waals surface area contributed by atoms with Crippen LogP contribution >= 0.6 is 0 Å². The third-order valence-electron chi connectivity index (χ3n) is 2.40. The summed E-state index contributed by atoms with van der Waals surface area (Å²) in [5, 5.41) is 10.4. The first-order valence-corrected chi connectivity index (χ1v) is 5.97. The molecule has 0 aliphatic heterocycles. The van der Waals surface area contributed by atoms with Crippen LogP contribution in [-0.4, -0.2) is 33.5 Å². The van der Waals surface area contributed by atoms with Gasteiger partial charge in [0.15, 0.2) is 0 Å². The molecule has 1 rings (SSSR count). The number of nitrogens with two attached hydrogens (primary N) is 1. The number of rotatable bonds is 7. The molecular formula is C11H21N5O. The van der Waals surface area contributed by atoms with E-state index in [-0.39, 0.29) is 5.91 Å². The topological polar surface area (TPSA) is 85.8 Å². The van der Waals surface area contributed by atoms with Crippen LogP contribution in [0.4, 0.5) is 0 Å². The maximum atomic E-state index is 11.6. The molecule has 0 fully saturated rings. The van der Waals surface area contributed by atoms with Gasteiger partial charge in [0.2, 0.25) is 5.91 Å². The van der Waals surface area contributed by atoms with Gasteiger partial charge in [0.1, 0.15) is 0 Å². The number of aryl methyl sites for hydroxylation is 1. The Morgan fingerprint density at radius 2 is 2.29 bits per heavy atom. The number of aromatic nitrogens is 3. The van der Waals surface area contributed by atoms with Gasteiger partial charge in [-0.25, -0.2) is 0 Å². The van der Waals surface area contributed by atoms with Gasteiger partial charge in [-0.15, -0.1) is 5.10 Å². The lowest BCUT2D eigenvalue weighted by Gasteiger charge is -2.13. The average Bonchev–Trinajstić information content (AvgIpc) is 2.75. The Morgan fingerprint density at radius 3 is 2.88 bits per heavy atom. The van der Waals surface area contributed by atoms with Crippen molar-refractivity contribution in [3.63, 3.8) is 0 Å². The zero-order valence-electron chi connectivity index (χ0n) is 10.5. The summed E-state index contributed by atoms with van der Waals surface area (Å²) in [7, 11) is 0. The van der Waals surface area contributed by atoms with E-state index in [0.29, 0.717) is 12.5 Å². The molecule has 3 N–H and O–H groups in total. The Kier molecular flexibility index (Phi) is 5.62. The molecule has 17 heavy (non-hydrogen) atoms. The predicted molar refractivity (Wildman–Crippen MR) is 65.1 cm³/mol. The van der Waals surface area contributed by atoms with Gasteiger partial charge in [-0.3, -0.25) is 9.48 Å². The van der Waals surface area contributed by atoms with Crippen LogP contribution in [0.5, 0.6) is 0 Å². The number of nitrogens with one attached hydrogen (secondary N) is 1. The van der Waals surface area contributed by atoms with Crippen LogP contribution in [0.3, 0.4) is 0 Å². The van der Waals surface area contributed by atoms with Crippen molar-refractivity contribution >= 4 is 5.91 Å². The summed E-state index contributed by atoms with van der Waals surface area (Å²) in [6.45, 7) is 5.47. The highest BCUT2D eigenvalue weighted by Crippen LogP contribution is 2.02. The van der Waals surface area contributed by atoms with Gasteiger partial charge < -0.3 is 11.1 Å². The van der Waals surface area contributed by atoms with E-state index in [2.05, 4.69) is 29.5 Å². The number of hydrogen-bond donors (Lipinski definition) is 2. The van der Waals surface area contributed by atoms with Gasteiger partial charge in [0, 0.05) is 19.3 Å². The van der Waals surface area contributed by atoms with Crippen LogP contribution in [0.15, 0.2) is 12.4 Å². The van der Waals surface area contributed by atoms with Crippen LogP contribution in [0.2, 0.25) is 0 Å². The van der Waals surface area contributed by atoms with Crippen LogP contribution in [0, 0.1) is 5.92 Å². The molecule has 0 saturated carbocycles. The summed E-state index contributed by atoms with van der Waals surface area (Å²) in [5.74, 6) is 0.364. The van der Waals surface area contributed by atoms with E-state index in [1.165, 1.54) is 0 Å². The van der Waals surface area contributed by atoms with Gasteiger partial charge in [0.25, 0.3) is 0 Å². The highest BCUT2D eigenvalue weighted by molar-refractivity contribution is 5.81. The third kappa shape index (κ3) is 5.44. The van der Waals surface area contributed by atoms with E-state index in [1.54, 1.807) is 17.1 Å². The van der Waals surface area contributed by atoms with E-state index in [1.807, 2.05) is 0 Å². The first-order chi connectivity index (χ1) is 8.09. The molecule has 1 atom stereocenters. The number of nitrogens with zero attached hydrogens (tertiary/aromatic N) is 3. The lowest BCUT2D eigenvalue weighted by molar-refractivity contribution is -0.122. The molecule has 0 bridgehead atoms. The Balaban J connectivity index is 2.11. The summed E-state index contributed by atoms with van der Waals surface area (Å²) in [6.07, 6.45) is 4.97. The SMILES string of the molecule is CC(C)C[C@H](N)C(=O)NCCCn1ccnn1. The van der Waals surface area contributed by atoms with E-state index >= 15 is 0 Å². The lowest BCUT2D eigenvalue weighted by Crippen LogP contribution is -2.41. The van der Waals surface area contributed by atoms with Crippen molar-refractivity contribution in [3.8, 4) is 0 Å². The summed E-state index contributed by atoms with van der Waals surface area (Å²) >= 11 is 0. The molecule has 1 heterocycles. The fraction of sp³-hybridized carbons (Fsp3) is 0.727. The van der Waals surface area contributed by atoms with Crippen LogP contribution < -0.4 is 11.1 Å². The fourth-order valence-corrected chi connectivity index (χ4v) is 1.55.